The second-order valence-corrected chi connectivity index (χ2v) is 5.63. The van der Waals surface area contributed by atoms with E-state index in [1.165, 1.54) is 14.7 Å². The number of pyridine rings is 1. The first-order valence-corrected chi connectivity index (χ1v) is 7.13. The number of aryl methyl sites for hydroxylation is 1. The first-order chi connectivity index (χ1) is 8.74. The molecule has 2 aromatic rings. The van der Waals surface area contributed by atoms with Crippen LogP contribution >= 0.6 is 22.6 Å². The Balaban J connectivity index is 1.82. The minimum absolute atomic E-state index is 0.287. The Bertz CT molecular complexity index is 470. The van der Waals surface area contributed by atoms with Gasteiger partial charge in [-0.15, -0.1) is 0 Å². The van der Waals surface area contributed by atoms with Gasteiger partial charge in [0.2, 0.25) is 0 Å². The predicted octanol–water partition coefficient (Wildman–Crippen LogP) is 3.22. The van der Waals surface area contributed by atoms with E-state index in [4.69, 9.17) is 0 Å². The van der Waals surface area contributed by atoms with Gasteiger partial charge in [0.25, 0.3) is 0 Å². The highest BCUT2D eigenvalue weighted by atomic mass is 127. The molecule has 0 amide bonds. The molecule has 0 bridgehead atoms. The first kappa shape index (κ1) is 13.5. The molecule has 0 fully saturated rings. The Kier molecular flexibility index (Phi) is 5.13. The maximum Gasteiger partial charge on any atom is 0.0583 e. The SMILES string of the molecule is OC(CCc1cccnc1)Cc1ccc(I)cc1. The molecule has 0 spiro atoms. The molecule has 0 saturated heterocycles. The molecular weight excluding hydrogens is 337 g/mol. The van der Waals surface area contributed by atoms with Crippen LogP contribution in [0, 0.1) is 3.57 Å². The molecule has 3 heteroatoms. The molecular formula is C15H16INO. The summed E-state index contributed by atoms with van der Waals surface area (Å²) in [7, 11) is 0. The monoisotopic (exact) mass is 353 g/mol. The fraction of sp³-hybridized carbons (Fsp3) is 0.267. The van der Waals surface area contributed by atoms with E-state index in [-0.39, 0.29) is 6.10 Å². The summed E-state index contributed by atoms with van der Waals surface area (Å²) in [5.74, 6) is 0. The van der Waals surface area contributed by atoms with Gasteiger partial charge in [0.15, 0.2) is 0 Å². The first-order valence-electron chi connectivity index (χ1n) is 6.05. The molecule has 1 atom stereocenters. The average Bonchev–Trinajstić information content (AvgIpc) is 2.40. The number of hydrogen-bond donors (Lipinski definition) is 1. The zero-order chi connectivity index (χ0) is 12.8. The smallest absolute Gasteiger partial charge is 0.0583 e. The normalized spacial score (nSPS) is 12.3. The number of halogens is 1. The van der Waals surface area contributed by atoms with E-state index in [0.717, 1.165) is 19.3 Å². The number of rotatable bonds is 5. The number of nitrogens with zero attached hydrogens (tertiary/aromatic N) is 1. The van der Waals surface area contributed by atoms with E-state index in [2.05, 4.69) is 51.8 Å². The molecule has 94 valence electrons. The fourth-order valence-electron chi connectivity index (χ4n) is 1.87. The van der Waals surface area contributed by atoms with Crippen LogP contribution in [0.2, 0.25) is 0 Å². The van der Waals surface area contributed by atoms with E-state index in [1.807, 2.05) is 18.3 Å². The molecule has 0 aliphatic carbocycles. The third-order valence-corrected chi connectivity index (χ3v) is 3.59. The Morgan fingerprint density at radius 3 is 2.56 bits per heavy atom. The molecule has 18 heavy (non-hydrogen) atoms. The second-order valence-electron chi connectivity index (χ2n) is 4.38. The predicted molar refractivity (Wildman–Crippen MR) is 81.4 cm³/mol. The van der Waals surface area contributed by atoms with Gasteiger partial charge in [-0.25, -0.2) is 0 Å². The van der Waals surface area contributed by atoms with Crippen molar-refractivity contribution in [2.24, 2.45) is 0 Å². The van der Waals surface area contributed by atoms with Crippen molar-refractivity contribution in [3.05, 3.63) is 63.5 Å². The van der Waals surface area contributed by atoms with E-state index in [1.54, 1.807) is 6.20 Å². The molecule has 2 rings (SSSR count). The van der Waals surface area contributed by atoms with E-state index >= 15 is 0 Å². The van der Waals surface area contributed by atoms with Crippen LogP contribution in [0.5, 0.6) is 0 Å². The number of hydrogen-bond acceptors (Lipinski definition) is 2. The zero-order valence-corrected chi connectivity index (χ0v) is 12.2. The van der Waals surface area contributed by atoms with Gasteiger partial charge in [-0.2, -0.15) is 0 Å². The summed E-state index contributed by atoms with van der Waals surface area (Å²) in [6.07, 6.45) is 5.71. The third-order valence-electron chi connectivity index (χ3n) is 2.87. The van der Waals surface area contributed by atoms with Gasteiger partial charge in [0.05, 0.1) is 6.10 Å². The number of aliphatic hydroxyl groups excluding tert-OH is 1. The van der Waals surface area contributed by atoms with Crippen LogP contribution in [0.3, 0.4) is 0 Å². The van der Waals surface area contributed by atoms with Crippen molar-refractivity contribution in [2.75, 3.05) is 0 Å². The van der Waals surface area contributed by atoms with Crippen LogP contribution in [-0.4, -0.2) is 16.2 Å². The summed E-state index contributed by atoms with van der Waals surface area (Å²) in [4.78, 5) is 4.07. The summed E-state index contributed by atoms with van der Waals surface area (Å²) in [5, 5.41) is 10.0. The standard InChI is InChI=1S/C15H16INO/c16-14-6-3-12(4-7-14)10-15(18)8-5-13-2-1-9-17-11-13/h1-4,6-7,9,11,15,18H,5,8,10H2. The Morgan fingerprint density at radius 1 is 1.11 bits per heavy atom. The molecule has 1 aromatic carbocycles. The Hall–Kier alpha value is -0.940. The molecule has 0 aliphatic heterocycles. The lowest BCUT2D eigenvalue weighted by Crippen LogP contribution is -2.11. The van der Waals surface area contributed by atoms with Gasteiger partial charge in [-0.05, 0) is 71.2 Å². The van der Waals surface area contributed by atoms with Gasteiger partial charge in [-0.1, -0.05) is 18.2 Å². The van der Waals surface area contributed by atoms with Crippen molar-refractivity contribution in [1.82, 2.24) is 4.98 Å². The van der Waals surface area contributed by atoms with Crippen LogP contribution < -0.4 is 0 Å². The molecule has 1 heterocycles. The van der Waals surface area contributed by atoms with Gasteiger partial charge >= 0.3 is 0 Å². The van der Waals surface area contributed by atoms with E-state index in [0.29, 0.717) is 0 Å². The van der Waals surface area contributed by atoms with Crippen molar-refractivity contribution in [2.45, 2.75) is 25.4 Å². The van der Waals surface area contributed by atoms with Gasteiger partial charge in [0, 0.05) is 16.0 Å². The van der Waals surface area contributed by atoms with Gasteiger partial charge in [-0.3, -0.25) is 4.98 Å². The van der Waals surface area contributed by atoms with Crippen LogP contribution in [0.4, 0.5) is 0 Å². The molecule has 1 N–H and O–H groups in total. The minimum Gasteiger partial charge on any atom is -0.393 e. The van der Waals surface area contributed by atoms with Crippen LogP contribution in [0.25, 0.3) is 0 Å². The lowest BCUT2D eigenvalue weighted by molar-refractivity contribution is 0.165. The number of aliphatic hydroxyl groups is 1. The molecule has 2 nitrogen and oxygen atoms in total. The largest absolute Gasteiger partial charge is 0.393 e. The molecule has 1 aromatic heterocycles. The summed E-state index contributed by atoms with van der Waals surface area (Å²) < 4.78 is 1.22. The number of aromatic nitrogens is 1. The van der Waals surface area contributed by atoms with Crippen molar-refractivity contribution in [3.63, 3.8) is 0 Å². The van der Waals surface area contributed by atoms with Gasteiger partial charge < -0.3 is 5.11 Å². The maximum atomic E-state index is 10.0. The van der Waals surface area contributed by atoms with Crippen LogP contribution in [0.15, 0.2) is 48.8 Å². The Labute approximate surface area is 121 Å². The highest BCUT2D eigenvalue weighted by Crippen LogP contribution is 2.11. The molecule has 0 saturated carbocycles. The minimum atomic E-state index is -0.287. The topological polar surface area (TPSA) is 33.1 Å². The Morgan fingerprint density at radius 2 is 1.89 bits per heavy atom. The highest BCUT2D eigenvalue weighted by Gasteiger charge is 2.06. The average molecular weight is 353 g/mol. The fourth-order valence-corrected chi connectivity index (χ4v) is 2.23. The summed E-state index contributed by atoms with van der Waals surface area (Å²) in [5.41, 5.74) is 2.37. The second kappa shape index (κ2) is 6.85. The summed E-state index contributed by atoms with van der Waals surface area (Å²) >= 11 is 2.29. The van der Waals surface area contributed by atoms with Crippen LogP contribution in [-0.2, 0) is 12.8 Å². The molecule has 0 aliphatic rings. The lowest BCUT2D eigenvalue weighted by atomic mass is 10.0. The van der Waals surface area contributed by atoms with Gasteiger partial charge in [0.1, 0.15) is 0 Å². The van der Waals surface area contributed by atoms with Crippen LogP contribution in [0.1, 0.15) is 17.5 Å². The van der Waals surface area contributed by atoms with E-state index in [9.17, 15) is 5.11 Å². The lowest BCUT2D eigenvalue weighted by Gasteiger charge is -2.10. The zero-order valence-electron chi connectivity index (χ0n) is 10.1. The molecule has 1 unspecified atom stereocenters. The third kappa shape index (κ3) is 4.38. The van der Waals surface area contributed by atoms with Crippen molar-refractivity contribution in [1.29, 1.82) is 0 Å². The number of benzene rings is 1. The summed E-state index contributed by atoms with van der Waals surface area (Å²) in [6.45, 7) is 0. The van der Waals surface area contributed by atoms with Crippen molar-refractivity contribution in [3.8, 4) is 0 Å². The van der Waals surface area contributed by atoms with Crippen molar-refractivity contribution < 1.29 is 5.11 Å². The molecule has 0 radical (unpaired) electrons. The quantitative estimate of drug-likeness (QED) is 0.838. The maximum absolute atomic E-state index is 10.0. The van der Waals surface area contributed by atoms with E-state index < -0.39 is 0 Å². The van der Waals surface area contributed by atoms with Crippen molar-refractivity contribution >= 4 is 22.6 Å². The highest BCUT2D eigenvalue weighted by molar-refractivity contribution is 14.1. The summed E-state index contributed by atoms with van der Waals surface area (Å²) in [6, 6.07) is 12.3.